The van der Waals surface area contributed by atoms with Crippen molar-refractivity contribution in [3.05, 3.63) is 52.6 Å². The van der Waals surface area contributed by atoms with Crippen LogP contribution in [0.1, 0.15) is 25.2 Å². The normalized spacial score (nSPS) is 23.9. The van der Waals surface area contributed by atoms with Gasteiger partial charge in [0.15, 0.2) is 5.17 Å². The van der Waals surface area contributed by atoms with Crippen LogP contribution in [0.25, 0.3) is 17.4 Å². The van der Waals surface area contributed by atoms with Crippen LogP contribution in [0.4, 0.5) is 13.2 Å². The molecule has 1 saturated heterocycles. The maximum absolute atomic E-state index is 12.9. The number of aliphatic imine (C=N–C) groups is 1. The van der Waals surface area contributed by atoms with Crippen molar-refractivity contribution in [3.63, 3.8) is 0 Å². The highest BCUT2D eigenvalue weighted by Gasteiger charge is 2.32. The van der Waals surface area contributed by atoms with E-state index in [0.29, 0.717) is 40.2 Å². The smallest absolute Gasteiger partial charge is 0.416 e. The summed E-state index contributed by atoms with van der Waals surface area (Å²) in [6, 6.07) is 8.12. The van der Waals surface area contributed by atoms with Gasteiger partial charge in [0.05, 0.1) is 22.7 Å². The number of hydrogen-bond acceptors (Lipinski definition) is 5. The summed E-state index contributed by atoms with van der Waals surface area (Å²) in [5.41, 5.74) is -0.432. The molecule has 1 fully saturated rings. The van der Waals surface area contributed by atoms with Gasteiger partial charge in [-0.3, -0.25) is 4.79 Å². The van der Waals surface area contributed by atoms with Crippen LogP contribution in [0, 0.1) is 0 Å². The molecule has 0 radical (unpaired) electrons. The van der Waals surface area contributed by atoms with Gasteiger partial charge in [-0.25, -0.2) is 0 Å². The Morgan fingerprint density at radius 3 is 2.60 bits per heavy atom. The molecule has 1 amide bonds. The van der Waals surface area contributed by atoms with Gasteiger partial charge >= 0.3 is 6.18 Å². The van der Waals surface area contributed by atoms with Gasteiger partial charge in [0, 0.05) is 24.7 Å². The fraction of sp³-hybridized carbons (Fsp3) is 0.333. The second-order valence-electron chi connectivity index (χ2n) is 7.25. The number of rotatable bonds is 2. The molecule has 0 unspecified atom stereocenters. The molecule has 30 heavy (non-hydrogen) atoms. The summed E-state index contributed by atoms with van der Waals surface area (Å²) < 4.78 is 50.2. The van der Waals surface area contributed by atoms with Crippen LogP contribution in [0.15, 0.2) is 50.7 Å². The predicted molar refractivity (Wildman–Crippen MR) is 109 cm³/mol. The van der Waals surface area contributed by atoms with Gasteiger partial charge in [-0.15, -0.1) is 0 Å². The predicted octanol–water partition coefficient (Wildman–Crippen LogP) is 5.04. The minimum absolute atomic E-state index is 0.0419. The van der Waals surface area contributed by atoms with Crippen molar-refractivity contribution in [2.45, 2.75) is 32.2 Å². The van der Waals surface area contributed by atoms with E-state index in [9.17, 15) is 18.0 Å². The van der Waals surface area contributed by atoms with Crippen molar-refractivity contribution in [2.75, 3.05) is 13.1 Å². The van der Waals surface area contributed by atoms with Crippen molar-refractivity contribution >= 4 is 28.9 Å². The van der Waals surface area contributed by atoms with Crippen LogP contribution in [-0.4, -0.2) is 41.3 Å². The first-order chi connectivity index (χ1) is 14.2. The molecule has 5 nitrogen and oxygen atoms in total. The molecular formula is C21H19F3N2O3S. The Kier molecular flexibility index (Phi) is 5.50. The number of ether oxygens (including phenoxy) is 1. The van der Waals surface area contributed by atoms with Crippen molar-refractivity contribution in [2.24, 2.45) is 4.99 Å². The fourth-order valence-electron chi connectivity index (χ4n) is 3.43. The standard InChI is InChI=1S/C21H19F3N2O3S/c1-12-10-26(11-13(2)28-12)20-25-19(27)18(30-20)9-16-6-7-17(29-16)14-4-3-5-15(8-14)21(22,23)24/h3-9,12-13H,10-11H2,1-2H3/b18-9+/t12-,13-/m1/s1. The molecule has 158 valence electrons. The maximum atomic E-state index is 12.9. The molecule has 1 aromatic carbocycles. The molecule has 2 aliphatic rings. The quantitative estimate of drug-likeness (QED) is 0.617. The second kappa shape index (κ2) is 7.96. The number of amidine groups is 1. The zero-order valence-electron chi connectivity index (χ0n) is 16.3. The molecule has 0 aliphatic carbocycles. The van der Waals surface area contributed by atoms with Crippen LogP contribution < -0.4 is 0 Å². The third-order valence-electron chi connectivity index (χ3n) is 4.67. The number of nitrogens with zero attached hydrogens (tertiary/aromatic N) is 2. The van der Waals surface area contributed by atoms with E-state index in [1.165, 1.54) is 17.8 Å². The van der Waals surface area contributed by atoms with E-state index in [4.69, 9.17) is 9.15 Å². The van der Waals surface area contributed by atoms with Crippen LogP contribution >= 0.6 is 11.8 Å². The van der Waals surface area contributed by atoms with Gasteiger partial charge < -0.3 is 14.1 Å². The number of amides is 1. The van der Waals surface area contributed by atoms with E-state index in [-0.39, 0.29) is 18.1 Å². The van der Waals surface area contributed by atoms with Gasteiger partial charge in [-0.05, 0) is 49.9 Å². The van der Waals surface area contributed by atoms with Crippen molar-refractivity contribution in [1.29, 1.82) is 0 Å². The minimum atomic E-state index is -4.43. The molecule has 0 saturated carbocycles. The Morgan fingerprint density at radius 1 is 1.17 bits per heavy atom. The van der Waals surface area contributed by atoms with E-state index in [1.54, 1.807) is 24.3 Å². The van der Waals surface area contributed by atoms with Gasteiger partial charge in [0.1, 0.15) is 11.5 Å². The third-order valence-corrected chi connectivity index (χ3v) is 5.72. The molecule has 2 aromatic rings. The molecule has 1 aromatic heterocycles. The van der Waals surface area contributed by atoms with E-state index in [2.05, 4.69) is 4.99 Å². The lowest BCUT2D eigenvalue weighted by Crippen LogP contribution is -2.47. The third kappa shape index (κ3) is 4.46. The van der Waals surface area contributed by atoms with Crippen LogP contribution in [0.2, 0.25) is 0 Å². The first-order valence-corrected chi connectivity index (χ1v) is 10.2. The molecule has 0 spiro atoms. The highest BCUT2D eigenvalue weighted by molar-refractivity contribution is 8.18. The van der Waals surface area contributed by atoms with Crippen LogP contribution in [-0.2, 0) is 15.7 Å². The zero-order chi connectivity index (χ0) is 21.5. The Bertz CT molecular complexity index is 1020. The highest BCUT2D eigenvalue weighted by Crippen LogP contribution is 2.35. The topological polar surface area (TPSA) is 55.0 Å². The summed E-state index contributed by atoms with van der Waals surface area (Å²) in [5, 5.41) is 0.623. The summed E-state index contributed by atoms with van der Waals surface area (Å²) in [6.45, 7) is 5.24. The molecule has 9 heteroatoms. The van der Waals surface area contributed by atoms with Crippen molar-refractivity contribution in [1.82, 2.24) is 4.90 Å². The van der Waals surface area contributed by atoms with Crippen molar-refractivity contribution in [3.8, 4) is 11.3 Å². The lowest BCUT2D eigenvalue weighted by atomic mass is 10.1. The first kappa shape index (κ1) is 20.7. The van der Waals surface area contributed by atoms with E-state index >= 15 is 0 Å². The number of hydrogen-bond donors (Lipinski definition) is 0. The molecule has 0 bridgehead atoms. The Hall–Kier alpha value is -2.52. The monoisotopic (exact) mass is 436 g/mol. The number of halogens is 3. The molecule has 2 aliphatic heterocycles. The lowest BCUT2D eigenvalue weighted by molar-refractivity contribution is -0.137. The largest absolute Gasteiger partial charge is 0.457 e. The summed E-state index contributed by atoms with van der Waals surface area (Å²) >= 11 is 1.26. The summed E-state index contributed by atoms with van der Waals surface area (Å²) in [5.74, 6) is 0.303. The lowest BCUT2D eigenvalue weighted by Gasteiger charge is -2.35. The number of carbonyl (C=O) groups is 1. The summed E-state index contributed by atoms with van der Waals surface area (Å²) in [7, 11) is 0. The average Bonchev–Trinajstić information content (AvgIpc) is 3.28. The molecule has 2 atom stereocenters. The molecular weight excluding hydrogens is 417 g/mol. The number of carbonyl (C=O) groups excluding carboxylic acids is 1. The Labute approximate surface area is 175 Å². The second-order valence-corrected chi connectivity index (χ2v) is 8.26. The van der Waals surface area contributed by atoms with E-state index < -0.39 is 11.7 Å². The van der Waals surface area contributed by atoms with E-state index in [1.807, 2.05) is 18.7 Å². The van der Waals surface area contributed by atoms with Gasteiger partial charge in [-0.2, -0.15) is 18.2 Å². The number of morpholine rings is 1. The Balaban J connectivity index is 1.51. The Morgan fingerprint density at radius 2 is 1.90 bits per heavy atom. The summed E-state index contributed by atoms with van der Waals surface area (Å²) in [4.78, 5) is 18.9. The summed E-state index contributed by atoms with van der Waals surface area (Å²) in [6.07, 6.45) is -2.78. The molecule has 4 rings (SSSR count). The maximum Gasteiger partial charge on any atom is 0.416 e. The number of furan rings is 1. The first-order valence-electron chi connectivity index (χ1n) is 9.39. The fourth-order valence-corrected chi connectivity index (χ4v) is 4.34. The molecule has 0 N–H and O–H groups in total. The number of thioether (sulfide) groups is 1. The SMILES string of the molecule is C[C@@H]1CN(C2=NC(=O)/C(=C\c3ccc(-c4cccc(C(F)(F)F)c4)o3)S2)C[C@@H](C)O1. The van der Waals surface area contributed by atoms with Crippen LogP contribution in [0.5, 0.6) is 0 Å². The van der Waals surface area contributed by atoms with Crippen LogP contribution in [0.3, 0.4) is 0 Å². The molecule has 3 heterocycles. The minimum Gasteiger partial charge on any atom is -0.457 e. The highest BCUT2D eigenvalue weighted by atomic mass is 32.2. The van der Waals surface area contributed by atoms with Crippen molar-refractivity contribution < 1.29 is 27.1 Å². The van der Waals surface area contributed by atoms with E-state index in [0.717, 1.165) is 12.1 Å². The number of benzene rings is 1. The van der Waals surface area contributed by atoms with Gasteiger partial charge in [-0.1, -0.05) is 12.1 Å². The number of alkyl halides is 3. The van der Waals surface area contributed by atoms with Gasteiger partial charge in [0.2, 0.25) is 0 Å². The zero-order valence-corrected chi connectivity index (χ0v) is 17.1. The average molecular weight is 436 g/mol. The van der Waals surface area contributed by atoms with Gasteiger partial charge in [0.25, 0.3) is 5.91 Å².